The summed E-state index contributed by atoms with van der Waals surface area (Å²) in [4.78, 5) is 24.5. The van der Waals surface area contributed by atoms with E-state index in [1.54, 1.807) is 12.1 Å². The van der Waals surface area contributed by atoms with Crippen molar-refractivity contribution < 1.29 is 14.7 Å². The van der Waals surface area contributed by atoms with E-state index in [1.807, 2.05) is 32.0 Å². The number of benzene rings is 1. The number of rotatable bonds is 7. The molecule has 0 aromatic heterocycles. The first-order chi connectivity index (χ1) is 9.41. The number of anilines is 1. The highest BCUT2D eigenvalue weighted by Crippen LogP contribution is 2.16. The van der Waals surface area contributed by atoms with Gasteiger partial charge in [0.1, 0.15) is 0 Å². The number of carbonyl (C=O) groups is 2. The Labute approximate surface area is 119 Å². The van der Waals surface area contributed by atoms with Gasteiger partial charge in [0.15, 0.2) is 0 Å². The molecule has 5 heteroatoms. The molecule has 0 aliphatic heterocycles. The summed E-state index contributed by atoms with van der Waals surface area (Å²) in [5.41, 5.74) is 6.63. The fourth-order valence-corrected chi connectivity index (χ4v) is 1.76. The predicted molar refractivity (Wildman–Crippen MR) is 78.5 cm³/mol. The molecule has 0 saturated carbocycles. The van der Waals surface area contributed by atoms with Crippen LogP contribution in [-0.4, -0.2) is 29.6 Å². The summed E-state index contributed by atoms with van der Waals surface area (Å²) in [6.45, 7) is 4.08. The smallest absolute Gasteiger partial charge is 0.305 e. The molecule has 0 aliphatic carbocycles. The Bertz CT molecular complexity index is 446. The van der Waals surface area contributed by atoms with Gasteiger partial charge in [0.05, 0.1) is 6.42 Å². The lowest BCUT2D eigenvalue weighted by molar-refractivity contribution is -0.136. The van der Waals surface area contributed by atoms with Crippen LogP contribution in [0.15, 0.2) is 30.3 Å². The monoisotopic (exact) mass is 278 g/mol. The molecule has 20 heavy (non-hydrogen) atoms. The molecule has 1 unspecified atom stereocenters. The summed E-state index contributed by atoms with van der Waals surface area (Å²) in [6, 6.07) is 8.85. The van der Waals surface area contributed by atoms with Crippen LogP contribution < -0.4 is 10.6 Å². The first-order valence-electron chi connectivity index (χ1n) is 6.74. The third-order valence-electron chi connectivity index (χ3n) is 3.18. The Morgan fingerprint density at radius 1 is 1.25 bits per heavy atom. The first kappa shape index (κ1) is 16.2. The highest BCUT2D eigenvalue weighted by Gasteiger charge is 2.20. The number of carboxylic acids is 1. The van der Waals surface area contributed by atoms with Gasteiger partial charge in [-0.25, -0.2) is 0 Å². The molecule has 0 saturated heterocycles. The molecule has 0 bridgehead atoms. The molecule has 0 heterocycles. The van der Waals surface area contributed by atoms with Crippen molar-refractivity contribution in [1.29, 1.82) is 0 Å². The number of para-hydroxylation sites is 1. The Kier molecular flexibility index (Phi) is 6.18. The van der Waals surface area contributed by atoms with Crippen LogP contribution >= 0.6 is 0 Å². The van der Waals surface area contributed by atoms with Gasteiger partial charge in [0.25, 0.3) is 0 Å². The van der Waals surface area contributed by atoms with Crippen molar-refractivity contribution in [2.24, 2.45) is 11.7 Å². The zero-order valence-electron chi connectivity index (χ0n) is 12.0. The van der Waals surface area contributed by atoms with Crippen LogP contribution in [0.4, 0.5) is 5.69 Å². The second kappa shape index (κ2) is 7.65. The van der Waals surface area contributed by atoms with E-state index < -0.39 is 5.97 Å². The zero-order chi connectivity index (χ0) is 15.1. The molecule has 1 aromatic carbocycles. The molecule has 0 fully saturated rings. The summed E-state index contributed by atoms with van der Waals surface area (Å²) in [7, 11) is 0. The summed E-state index contributed by atoms with van der Waals surface area (Å²) in [6.07, 6.45) is 0.129. The van der Waals surface area contributed by atoms with Crippen LogP contribution in [0.5, 0.6) is 0 Å². The molecule has 110 valence electrons. The zero-order valence-corrected chi connectivity index (χ0v) is 12.0. The third-order valence-corrected chi connectivity index (χ3v) is 3.18. The van der Waals surface area contributed by atoms with E-state index in [9.17, 15) is 9.59 Å². The molecule has 1 rings (SSSR count). The summed E-state index contributed by atoms with van der Waals surface area (Å²) >= 11 is 0. The molecular weight excluding hydrogens is 256 g/mol. The Balaban J connectivity index is 2.82. The predicted octanol–water partition coefficient (Wildman–Crippen LogP) is 1.87. The van der Waals surface area contributed by atoms with E-state index in [4.69, 9.17) is 10.8 Å². The van der Waals surface area contributed by atoms with Gasteiger partial charge in [-0.1, -0.05) is 32.0 Å². The largest absolute Gasteiger partial charge is 0.481 e. The van der Waals surface area contributed by atoms with E-state index in [-0.39, 0.29) is 37.3 Å². The van der Waals surface area contributed by atoms with Gasteiger partial charge in [-0.3, -0.25) is 9.59 Å². The molecule has 0 aliphatic rings. The van der Waals surface area contributed by atoms with Crippen molar-refractivity contribution >= 4 is 17.6 Å². The molecule has 3 N–H and O–H groups in total. The Hall–Kier alpha value is -1.88. The van der Waals surface area contributed by atoms with E-state index >= 15 is 0 Å². The van der Waals surface area contributed by atoms with Gasteiger partial charge in [-0.2, -0.15) is 0 Å². The lowest BCUT2D eigenvalue weighted by Gasteiger charge is -2.25. The SMILES string of the molecule is CC(C)C(N)CC(=O)N(CCC(=O)O)c1ccccc1. The van der Waals surface area contributed by atoms with Crippen LogP contribution in [-0.2, 0) is 9.59 Å². The number of hydrogen-bond donors (Lipinski definition) is 2. The number of nitrogens with zero attached hydrogens (tertiary/aromatic N) is 1. The molecule has 5 nitrogen and oxygen atoms in total. The standard InChI is InChI=1S/C15H22N2O3/c1-11(2)13(16)10-14(18)17(9-8-15(19)20)12-6-4-3-5-7-12/h3-7,11,13H,8-10,16H2,1-2H3,(H,19,20). The fraction of sp³-hybridized carbons (Fsp3) is 0.467. The van der Waals surface area contributed by atoms with Gasteiger partial charge < -0.3 is 15.7 Å². The number of amides is 1. The minimum absolute atomic E-state index is 0.0858. The Morgan fingerprint density at radius 3 is 2.35 bits per heavy atom. The molecule has 1 atom stereocenters. The maximum Gasteiger partial charge on any atom is 0.305 e. The number of nitrogens with two attached hydrogens (primary N) is 1. The second-order valence-corrected chi connectivity index (χ2v) is 5.14. The maximum atomic E-state index is 12.3. The van der Waals surface area contributed by atoms with Crippen LogP contribution in [0.25, 0.3) is 0 Å². The van der Waals surface area contributed by atoms with Crippen LogP contribution in [0.1, 0.15) is 26.7 Å². The number of hydrogen-bond acceptors (Lipinski definition) is 3. The minimum Gasteiger partial charge on any atom is -0.481 e. The van der Waals surface area contributed by atoms with Gasteiger partial charge in [-0.15, -0.1) is 0 Å². The van der Waals surface area contributed by atoms with Crippen molar-refractivity contribution in [3.8, 4) is 0 Å². The quantitative estimate of drug-likeness (QED) is 0.797. The first-order valence-corrected chi connectivity index (χ1v) is 6.74. The highest BCUT2D eigenvalue weighted by atomic mass is 16.4. The lowest BCUT2D eigenvalue weighted by Crippen LogP contribution is -2.39. The van der Waals surface area contributed by atoms with Crippen molar-refractivity contribution in [2.45, 2.75) is 32.7 Å². The average molecular weight is 278 g/mol. The summed E-state index contributed by atoms with van der Waals surface area (Å²) < 4.78 is 0. The second-order valence-electron chi connectivity index (χ2n) is 5.14. The molecule has 0 spiro atoms. The van der Waals surface area contributed by atoms with E-state index in [0.29, 0.717) is 5.69 Å². The van der Waals surface area contributed by atoms with E-state index in [1.165, 1.54) is 4.90 Å². The summed E-state index contributed by atoms with van der Waals surface area (Å²) in [5.74, 6) is -0.860. The van der Waals surface area contributed by atoms with E-state index in [0.717, 1.165) is 0 Å². The van der Waals surface area contributed by atoms with Gasteiger partial charge in [0, 0.05) is 24.7 Å². The molecule has 1 amide bonds. The molecule has 0 radical (unpaired) electrons. The fourth-order valence-electron chi connectivity index (χ4n) is 1.76. The van der Waals surface area contributed by atoms with Crippen molar-refractivity contribution in [3.05, 3.63) is 30.3 Å². The normalized spacial score (nSPS) is 12.2. The van der Waals surface area contributed by atoms with Gasteiger partial charge in [-0.05, 0) is 18.1 Å². The van der Waals surface area contributed by atoms with Crippen molar-refractivity contribution in [1.82, 2.24) is 0 Å². The van der Waals surface area contributed by atoms with Crippen LogP contribution in [0, 0.1) is 5.92 Å². The number of carbonyl (C=O) groups excluding carboxylic acids is 1. The molecule has 1 aromatic rings. The van der Waals surface area contributed by atoms with Crippen LogP contribution in [0.3, 0.4) is 0 Å². The lowest BCUT2D eigenvalue weighted by atomic mass is 10.0. The number of carboxylic acid groups (broad SMARTS) is 1. The molecular formula is C15H22N2O3. The highest BCUT2D eigenvalue weighted by molar-refractivity contribution is 5.94. The van der Waals surface area contributed by atoms with Gasteiger partial charge in [0.2, 0.25) is 5.91 Å². The van der Waals surface area contributed by atoms with E-state index in [2.05, 4.69) is 0 Å². The van der Waals surface area contributed by atoms with Crippen LogP contribution in [0.2, 0.25) is 0 Å². The van der Waals surface area contributed by atoms with Crippen molar-refractivity contribution in [2.75, 3.05) is 11.4 Å². The third kappa shape index (κ3) is 5.01. The van der Waals surface area contributed by atoms with Crippen molar-refractivity contribution in [3.63, 3.8) is 0 Å². The summed E-state index contributed by atoms with van der Waals surface area (Å²) in [5, 5.41) is 8.80. The minimum atomic E-state index is -0.924. The number of aliphatic carboxylic acids is 1. The topological polar surface area (TPSA) is 83.6 Å². The Morgan fingerprint density at radius 2 is 1.85 bits per heavy atom. The van der Waals surface area contributed by atoms with Gasteiger partial charge >= 0.3 is 5.97 Å². The average Bonchev–Trinajstić information content (AvgIpc) is 2.39. The maximum absolute atomic E-state index is 12.3.